The largest absolute Gasteiger partial charge is 0.573 e. The van der Waals surface area contributed by atoms with Crippen molar-refractivity contribution < 1.29 is 45.8 Å². The minimum Gasteiger partial charge on any atom is -0.492 e. The van der Waals surface area contributed by atoms with E-state index in [0.717, 1.165) is 31.1 Å². The van der Waals surface area contributed by atoms with Crippen LogP contribution in [0.25, 0.3) is 6.08 Å². The molecule has 2 N–H and O–H groups in total. The molecule has 0 bridgehead atoms. The number of carbonyl (C=O) groups is 2. The number of ether oxygens (including phenoxy) is 2. The minimum atomic E-state index is -4.92. The van der Waals surface area contributed by atoms with E-state index in [2.05, 4.69) is 4.74 Å². The van der Waals surface area contributed by atoms with Crippen LogP contribution in [0.2, 0.25) is 0 Å². The topological polar surface area (TPSA) is 131 Å². The average molecular weight is 568 g/mol. The summed E-state index contributed by atoms with van der Waals surface area (Å²) < 4.78 is 73.2. The molecule has 1 aliphatic carbocycles. The van der Waals surface area contributed by atoms with E-state index in [4.69, 9.17) is 10.1 Å². The van der Waals surface area contributed by atoms with E-state index in [1.54, 1.807) is 6.92 Å². The van der Waals surface area contributed by atoms with Gasteiger partial charge >= 0.3 is 12.3 Å². The van der Waals surface area contributed by atoms with Gasteiger partial charge in [-0.15, -0.1) is 13.2 Å². The molecule has 8 nitrogen and oxygen atoms in total. The second kappa shape index (κ2) is 12.5. The van der Waals surface area contributed by atoms with Crippen LogP contribution in [-0.4, -0.2) is 43.3 Å². The molecule has 1 aliphatic rings. The van der Waals surface area contributed by atoms with Gasteiger partial charge in [-0.2, -0.15) is 0 Å². The van der Waals surface area contributed by atoms with Gasteiger partial charge in [0.15, 0.2) is 5.78 Å². The van der Waals surface area contributed by atoms with Crippen molar-refractivity contribution in [2.75, 3.05) is 6.61 Å². The maximum absolute atomic E-state index is 13.2. The van der Waals surface area contributed by atoms with Crippen LogP contribution in [0.3, 0.4) is 0 Å². The number of carbonyl (C=O) groups excluding carboxylic acids is 1. The van der Waals surface area contributed by atoms with E-state index in [1.807, 2.05) is 0 Å². The van der Waals surface area contributed by atoms with Gasteiger partial charge in [0.2, 0.25) is 9.84 Å². The van der Waals surface area contributed by atoms with Gasteiger partial charge < -0.3 is 14.6 Å². The Balaban J connectivity index is 1.82. The molecule has 0 aliphatic heterocycles. The van der Waals surface area contributed by atoms with E-state index in [1.165, 1.54) is 36.4 Å². The lowest BCUT2D eigenvalue weighted by molar-refractivity contribution is -0.274. The first-order chi connectivity index (χ1) is 18.3. The van der Waals surface area contributed by atoms with E-state index < -0.39 is 51.1 Å². The third-order valence-electron chi connectivity index (χ3n) is 6.26. The fourth-order valence-corrected chi connectivity index (χ4v) is 5.76. The Kier molecular flexibility index (Phi) is 9.54. The van der Waals surface area contributed by atoms with Crippen molar-refractivity contribution in [1.29, 1.82) is 5.41 Å². The second-order valence-corrected chi connectivity index (χ2v) is 11.0. The zero-order chi connectivity index (χ0) is 28.8. The number of benzene rings is 2. The van der Waals surface area contributed by atoms with Crippen molar-refractivity contribution in [3.05, 3.63) is 59.7 Å². The molecule has 39 heavy (non-hydrogen) atoms. The maximum Gasteiger partial charge on any atom is 0.573 e. The molecule has 12 heteroatoms. The predicted molar refractivity (Wildman–Crippen MR) is 136 cm³/mol. The van der Waals surface area contributed by atoms with Gasteiger partial charge in [-0.25, -0.2) is 8.42 Å². The summed E-state index contributed by atoms with van der Waals surface area (Å²) in [7, 11) is -4.40. The van der Waals surface area contributed by atoms with Crippen molar-refractivity contribution in [3.63, 3.8) is 0 Å². The molecule has 1 fully saturated rings. The highest BCUT2D eigenvalue weighted by Crippen LogP contribution is 2.33. The maximum atomic E-state index is 13.2. The molecule has 0 spiro atoms. The molecule has 1 saturated carbocycles. The van der Waals surface area contributed by atoms with Gasteiger partial charge in [-0.1, -0.05) is 37.1 Å². The Morgan fingerprint density at radius 1 is 1.15 bits per heavy atom. The quantitative estimate of drug-likeness (QED) is 0.160. The summed E-state index contributed by atoms with van der Waals surface area (Å²) in [6.07, 6.45) is 0.222. The first-order valence-corrected chi connectivity index (χ1v) is 13.7. The number of aliphatic carboxylic acids is 1. The smallest absolute Gasteiger partial charge is 0.492 e. The van der Waals surface area contributed by atoms with Crippen molar-refractivity contribution >= 4 is 32.7 Å². The Morgan fingerprint density at radius 3 is 2.46 bits per heavy atom. The number of hydrogen-bond acceptors (Lipinski definition) is 7. The average Bonchev–Trinajstić information content (AvgIpc) is 3.36. The lowest BCUT2D eigenvalue weighted by Crippen LogP contribution is -2.28. The molecule has 210 valence electrons. The second-order valence-electron chi connectivity index (χ2n) is 9.03. The molecular formula is C27H28F3NO7S. The third kappa shape index (κ3) is 7.92. The van der Waals surface area contributed by atoms with Crippen molar-refractivity contribution in [2.45, 2.75) is 50.3 Å². The molecule has 0 radical (unpaired) electrons. The van der Waals surface area contributed by atoms with Gasteiger partial charge in [0.05, 0.1) is 6.61 Å². The summed E-state index contributed by atoms with van der Waals surface area (Å²) >= 11 is 0. The first-order valence-electron chi connectivity index (χ1n) is 12.2. The molecule has 0 aromatic heterocycles. The standard InChI is InChI=1S/C27H28F3NO7S/c1-2-37-22-15-17(10-12-21(32)25(26(33)34)19-7-3-4-8-19)11-13-23(22)39(35,36)24(31)16-18-6-5-9-20(14-18)38-27(28,29)30/h5-6,9-15,19,25,31H,2-4,7-8,16H2,1H3,(H,33,34)/b12-10+,31-24?. The van der Waals surface area contributed by atoms with Crippen LogP contribution >= 0.6 is 0 Å². The Labute approximate surface area is 223 Å². The summed E-state index contributed by atoms with van der Waals surface area (Å²) in [5, 5.41) is 17.0. The Morgan fingerprint density at radius 2 is 1.85 bits per heavy atom. The highest BCUT2D eigenvalue weighted by atomic mass is 32.2. The number of nitrogens with one attached hydrogen (secondary N) is 1. The lowest BCUT2D eigenvalue weighted by atomic mass is 9.87. The zero-order valence-electron chi connectivity index (χ0n) is 21.0. The Bertz CT molecular complexity index is 1360. The first kappa shape index (κ1) is 29.9. The van der Waals surface area contributed by atoms with Crippen LogP contribution < -0.4 is 9.47 Å². The molecule has 1 unspecified atom stereocenters. The SMILES string of the molecule is CCOc1cc(/C=C/C(=O)C(C(=O)O)C2CCCC2)ccc1S(=O)(=O)C(=N)Cc1cccc(OC(F)(F)F)c1. The summed E-state index contributed by atoms with van der Waals surface area (Å²) in [6, 6.07) is 8.64. The van der Waals surface area contributed by atoms with Crippen LogP contribution in [0.15, 0.2) is 53.4 Å². The molecule has 2 aromatic rings. The molecule has 0 amide bonds. The van der Waals surface area contributed by atoms with Crippen LogP contribution in [0.5, 0.6) is 11.5 Å². The Hall–Kier alpha value is -3.67. The van der Waals surface area contributed by atoms with Crippen LogP contribution in [-0.2, 0) is 25.8 Å². The summed E-state index contributed by atoms with van der Waals surface area (Å²) in [5.41, 5.74) is 0.501. The zero-order valence-corrected chi connectivity index (χ0v) is 21.8. The van der Waals surface area contributed by atoms with E-state index in [9.17, 15) is 36.3 Å². The summed E-state index contributed by atoms with van der Waals surface area (Å²) in [4.78, 5) is 24.0. The highest BCUT2D eigenvalue weighted by Gasteiger charge is 2.35. The van der Waals surface area contributed by atoms with Crippen LogP contribution in [0, 0.1) is 17.2 Å². The number of rotatable bonds is 11. The third-order valence-corrected chi connectivity index (χ3v) is 7.97. The molecule has 3 rings (SSSR count). The molecular weight excluding hydrogens is 539 g/mol. The number of sulfone groups is 1. The number of allylic oxidation sites excluding steroid dienone is 1. The van der Waals surface area contributed by atoms with E-state index >= 15 is 0 Å². The van der Waals surface area contributed by atoms with E-state index in [-0.39, 0.29) is 28.7 Å². The molecule has 0 saturated heterocycles. The van der Waals surface area contributed by atoms with Crippen molar-refractivity contribution in [1.82, 2.24) is 0 Å². The molecule has 0 heterocycles. The van der Waals surface area contributed by atoms with Gasteiger partial charge in [-0.05, 0) is 67.2 Å². The van der Waals surface area contributed by atoms with Crippen molar-refractivity contribution in [3.8, 4) is 11.5 Å². The van der Waals surface area contributed by atoms with Gasteiger partial charge in [-0.3, -0.25) is 15.0 Å². The van der Waals surface area contributed by atoms with E-state index in [0.29, 0.717) is 18.4 Å². The molecule has 1 atom stereocenters. The normalized spacial score (nSPS) is 15.3. The number of ketones is 1. The molecule has 2 aromatic carbocycles. The van der Waals surface area contributed by atoms with Gasteiger partial charge in [0, 0.05) is 6.42 Å². The summed E-state index contributed by atoms with van der Waals surface area (Å²) in [5.74, 6) is -3.72. The number of hydrogen-bond donors (Lipinski definition) is 2. The fourth-order valence-electron chi connectivity index (χ4n) is 4.51. The van der Waals surface area contributed by atoms with Crippen LogP contribution in [0.4, 0.5) is 13.2 Å². The van der Waals surface area contributed by atoms with Gasteiger partial charge in [0.1, 0.15) is 27.4 Å². The highest BCUT2D eigenvalue weighted by molar-refractivity contribution is 8.06. The lowest BCUT2D eigenvalue weighted by Gasteiger charge is -2.16. The monoisotopic (exact) mass is 567 g/mol. The number of halogens is 3. The number of carboxylic acids is 1. The van der Waals surface area contributed by atoms with Gasteiger partial charge in [0.25, 0.3) is 0 Å². The number of alkyl halides is 3. The minimum absolute atomic E-state index is 0.0849. The fraction of sp³-hybridized carbons (Fsp3) is 0.370. The van der Waals surface area contributed by atoms with Crippen molar-refractivity contribution in [2.24, 2.45) is 11.8 Å². The predicted octanol–water partition coefficient (Wildman–Crippen LogP) is 5.45. The summed E-state index contributed by atoms with van der Waals surface area (Å²) in [6.45, 7) is 1.71. The number of carboxylic acid groups (broad SMARTS) is 1. The van der Waals surface area contributed by atoms with Crippen LogP contribution in [0.1, 0.15) is 43.7 Å².